The highest BCUT2D eigenvalue weighted by Gasteiger charge is 2.31. The third-order valence-electron chi connectivity index (χ3n) is 5.97. The minimum atomic E-state index is -0.565. The molecule has 0 radical (unpaired) electrons. The second kappa shape index (κ2) is 9.54. The van der Waals surface area contributed by atoms with Crippen molar-refractivity contribution in [1.29, 1.82) is 0 Å². The molecule has 4 heteroatoms. The van der Waals surface area contributed by atoms with Crippen LogP contribution in [-0.4, -0.2) is 39.4 Å². The van der Waals surface area contributed by atoms with Gasteiger partial charge >= 0.3 is 0 Å². The molecule has 0 aromatic heterocycles. The van der Waals surface area contributed by atoms with E-state index in [2.05, 4.69) is 29.2 Å². The van der Waals surface area contributed by atoms with Crippen LogP contribution in [0, 0.1) is 0 Å². The summed E-state index contributed by atoms with van der Waals surface area (Å²) in [6.45, 7) is 1.23. The van der Waals surface area contributed by atoms with Gasteiger partial charge < -0.3 is 15.3 Å². The molecule has 156 valence electrons. The lowest BCUT2D eigenvalue weighted by atomic mass is 9.90. The van der Waals surface area contributed by atoms with Gasteiger partial charge in [0.25, 0.3) is 0 Å². The monoisotopic (exact) mass is 403 g/mol. The van der Waals surface area contributed by atoms with Gasteiger partial charge in [-0.2, -0.15) is 0 Å². The molecule has 0 bridgehead atoms. The zero-order chi connectivity index (χ0) is 20.9. The van der Waals surface area contributed by atoms with Gasteiger partial charge in [0.05, 0.1) is 18.8 Å². The van der Waals surface area contributed by atoms with Crippen LogP contribution in [0.4, 0.5) is 0 Å². The predicted molar refractivity (Wildman–Crippen MR) is 119 cm³/mol. The Morgan fingerprint density at radius 1 is 0.900 bits per heavy atom. The van der Waals surface area contributed by atoms with Crippen LogP contribution in [0.25, 0.3) is 11.1 Å². The number of β-amino-alcohol motifs (C(OH)–C–C–N with tert-alkyl or cyclic N) is 1. The molecular formula is C26H29NO3. The molecule has 1 fully saturated rings. The Morgan fingerprint density at radius 3 is 2.23 bits per heavy atom. The van der Waals surface area contributed by atoms with Crippen LogP contribution in [-0.2, 0) is 6.61 Å². The third-order valence-corrected chi connectivity index (χ3v) is 5.97. The van der Waals surface area contributed by atoms with Crippen molar-refractivity contribution in [1.82, 2.24) is 4.90 Å². The molecule has 0 spiro atoms. The highest BCUT2D eigenvalue weighted by molar-refractivity contribution is 5.80. The largest absolute Gasteiger partial charge is 0.393 e. The van der Waals surface area contributed by atoms with Crippen molar-refractivity contribution in [2.45, 2.75) is 37.7 Å². The highest BCUT2D eigenvalue weighted by atomic mass is 16.3. The van der Waals surface area contributed by atoms with E-state index in [-0.39, 0.29) is 18.8 Å². The topological polar surface area (TPSA) is 63.9 Å². The second-order valence-electron chi connectivity index (χ2n) is 8.05. The fourth-order valence-corrected chi connectivity index (χ4v) is 4.22. The molecular weight excluding hydrogens is 374 g/mol. The number of fused-ring (bicyclic) bond motifs is 1. The first-order valence-corrected chi connectivity index (χ1v) is 10.6. The number of aliphatic hydroxyl groups is 3. The Hall–Kier alpha value is -2.50. The van der Waals surface area contributed by atoms with Gasteiger partial charge in [0.2, 0.25) is 0 Å². The third kappa shape index (κ3) is 4.97. The molecule has 2 aliphatic carbocycles. The summed E-state index contributed by atoms with van der Waals surface area (Å²) in [7, 11) is 0. The summed E-state index contributed by atoms with van der Waals surface area (Å²) in [4.78, 5) is 2.22. The number of nitrogens with zero attached hydrogens (tertiary/aromatic N) is 1. The van der Waals surface area contributed by atoms with Crippen LogP contribution in [0.2, 0.25) is 0 Å². The molecule has 1 saturated heterocycles. The number of rotatable bonds is 5. The van der Waals surface area contributed by atoms with Gasteiger partial charge in [0, 0.05) is 19.1 Å². The standard InChI is InChI=1S/C20H25NO3.C6H4/c22-14-16-8-4-5-9-18(16)19-12-17(23)10-11-21(19)13-20(24)15-6-2-1-3-7-15;1-2-5-4-6(5)3-1/h1-9,17,19-20,22-24H,10-14H2;1-4H. The number of aliphatic hydroxyl groups excluding tert-OH is 3. The van der Waals surface area contributed by atoms with Crippen LogP contribution in [0.5, 0.6) is 0 Å². The number of hydrogen-bond donors (Lipinski definition) is 3. The Kier molecular flexibility index (Phi) is 6.60. The Morgan fingerprint density at radius 2 is 1.60 bits per heavy atom. The minimum Gasteiger partial charge on any atom is -0.393 e. The van der Waals surface area contributed by atoms with Crippen molar-refractivity contribution in [2.75, 3.05) is 13.1 Å². The maximum Gasteiger partial charge on any atom is 0.0917 e. The van der Waals surface area contributed by atoms with E-state index in [4.69, 9.17) is 0 Å². The van der Waals surface area contributed by atoms with E-state index < -0.39 is 6.10 Å². The molecule has 3 N–H and O–H groups in total. The molecule has 4 nitrogen and oxygen atoms in total. The number of likely N-dealkylation sites (tertiary alicyclic amines) is 1. The van der Waals surface area contributed by atoms with Crippen LogP contribution in [0.1, 0.15) is 41.7 Å². The first kappa shape index (κ1) is 20.8. The van der Waals surface area contributed by atoms with Gasteiger partial charge in [-0.25, -0.2) is 0 Å². The average molecular weight is 404 g/mol. The Labute approximate surface area is 178 Å². The smallest absolute Gasteiger partial charge is 0.0917 e. The summed E-state index contributed by atoms with van der Waals surface area (Å²) in [6.07, 6.45) is 0.426. The molecule has 3 aliphatic rings. The molecule has 30 heavy (non-hydrogen) atoms. The molecule has 5 rings (SSSR count). The first-order chi connectivity index (χ1) is 14.7. The van der Waals surface area contributed by atoms with Crippen molar-refractivity contribution in [2.24, 2.45) is 0 Å². The minimum absolute atomic E-state index is 0.00969. The summed E-state index contributed by atoms with van der Waals surface area (Å²) >= 11 is 0. The Balaban J connectivity index is 0.000000305. The van der Waals surface area contributed by atoms with Crippen molar-refractivity contribution in [3.63, 3.8) is 0 Å². The van der Waals surface area contributed by atoms with Crippen LogP contribution in [0.3, 0.4) is 0 Å². The molecule has 3 atom stereocenters. The quantitative estimate of drug-likeness (QED) is 0.470. The summed E-state index contributed by atoms with van der Waals surface area (Å²) in [5.74, 6) is 0. The lowest BCUT2D eigenvalue weighted by Crippen LogP contribution is -2.41. The lowest BCUT2D eigenvalue weighted by Gasteiger charge is -2.40. The van der Waals surface area contributed by atoms with E-state index >= 15 is 0 Å². The van der Waals surface area contributed by atoms with Gasteiger partial charge in [0.15, 0.2) is 0 Å². The molecule has 1 aliphatic heterocycles. The Bertz CT molecular complexity index is 942. The van der Waals surface area contributed by atoms with E-state index in [0.29, 0.717) is 19.4 Å². The SMILES string of the molecule is OCc1ccccc1C1CC(O)CCN1CC(O)c1ccccc1.c1cc2cc-2c1. The molecule has 2 aromatic rings. The molecule has 3 unspecified atom stereocenters. The van der Waals surface area contributed by atoms with Gasteiger partial charge in [0.1, 0.15) is 0 Å². The summed E-state index contributed by atoms with van der Waals surface area (Å²) in [5, 5.41) is 30.3. The average Bonchev–Trinajstić information content (AvgIpc) is 3.40. The van der Waals surface area contributed by atoms with Gasteiger partial charge in [-0.3, -0.25) is 4.90 Å². The number of piperidine rings is 1. The maximum absolute atomic E-state index is 10.6. The van der Waals surface area contributed by atoms with Crippen molar-refractivity contribution < 1.29 is 15.3 Å². The van der Waals surface area contributed by atoms with Crippen LogP contribution < -0.4 is 0 Å². The van der Waals surface area contributed by atoms with Crippen LogP contribution >= 0.6 is 0 Å². The van der Waals surface area contributed by atoms with E-state index in [1.165, 1.54) is 11.1 Å². The second-order valence-corrected chi connectivity index (χ2v) is 8.05. The molecule has 0 saturated carbocycles. The van der Waals surface area contributed by atoms with Gasteiger partial charge in [-0.15, -0.1) is 0 Å². The summed E-state index contributed by atoms with van der Waals surface area (Å²) < 4.78 is 0. The molecule has 0 amide bonds. The van der Waals surface area contributed by atoms with Crippen molar-refractivity contribution in [3.05, 3.63) is 95.6 Å². The number of hydrogen-bond acceptors (Lipinski definition) is 4. The zero-order valence-corrected chi connectivity index (χ0v) is 17.1. The van der Waals surface area contributed by atoms with E-state index in [0.717, 1.165) is 23.2 Å². The van der Waals surface area contributed by atoms with Gasteiger partial charge in [-0.1, -0.05) is 72.8 Å². The molecule has 1 heterocycles. The van der Waals surface area contributed by atoms with E-state index in [1.807, 2.05) is 54.6 Å². The fraction of sp³-hybridized carbons (Fsp3) is 0.308. The predicted octanol–water partition coefficient (Wildman–Crippen LogP) is 4.08. The first-order valence-electron chi connectivity index (χ1n) is 10.6. The number of benzene rings is 3. The van der Waals surface area contributed by atoms with Gasteiger partial charge in [-0.05, 0) is 46.7 Å². The van der Waals surface area contributed by atoms with E-state index in [9.17, 15) is 15.3 Å². The normalized spacial score (nSPS) is 20.8. The molecule has 2 aromatic carbocycles. The van der Waals surface area contributed by atoms with Crippen molar-refractivity contribution >= 4 is 0 Å². The maximum atomic E-state index is 10.6. The highest BCUT2D eigenvalue weighted by Crippen LogP contribution is 2.34. The fourth-order valence-electron chi connectivity index (χ4n) is 4.22. The van der Waals surface area contributed by atoms with E-state index in [1.54, 1.807) is 0 Å². The zero-order valence-electron chi connectivity index (χ0n) is 17.1. The lowest BCUT2D eigenvalue weighted by molar-refractivity contribution is 0.0123. The van der Waals surface area contributed by atoms with Crippen LogP contribution in [0.15, 0.2) is 78.9 Å². The summed E-state index contributed by atoms with van der Waals surface area (Å²) in [6, 6.07) is 25.9. The van der Waals surface area contributed by atoms with Crippen molar-refractivity contribution in [3.8, 4) is 11.1 Å². The summed E-state index contributed by atoms with van der Waals surface area (Å²) in [5.41, 5.74) is 5.68.